The minimum Gasteiger partial charge on any atom is -0.380 e. The zero-order chi connectivity index (χ0) is 19.0. The number of aryl methyl sites for hydroxylation is 1. The second-order valence-corrected chi connectivity index (χ2v) is 8.30. The van der Waals surface area contributed by atoms with Gasteiger partial charge in [0.2, 0.25) is 0 Å². The summed E-state index contributed by atoms with van der Waals surface area (Å²) < 4.78 is 7.35. The molecular formula is C21H25N3O2S. The predicted octanol–water partition coefficient (Wildman–Crippen LogP) is 4.82. The number of carbonyl (C=O) groups excluding carboxylic acids is 1. The van der Waals surface area contributed by atoms with Crippen LogP contribution >= 0.6 is 11.3 Å². The Labute approximate surface area is 163 Å². The predicted molar refractivity (Wildman–Crippen MR) is 109 cm³/mol. The van der Waals surface area contributed by atoms with Crippen LogP contribution in [-0.4, -0.2) is 22.8 Å². The number of benzene rings is 1. The quantitative estimate of drug-likeness (QED) is 0.686. The molecule has 6 heteroatoms. The summed E-state index contributed by atoms with van der Waals surface area (Å²) in [7, 11) is 1.69. The smallest absolute Gasteiger partial charge is 0.259 e. The first-order chi connectivity index (χ1) is 13.1. The molecule has 0 bridgehead atoms. The summed E-state index contributed by atoms with van der Waals surface area (Å²) in [6.07, 6.45) is 6.10. The molecule has 27 heavy (non-hydrogen) atoms. The van der Waals surface area contributed by atoms with E-state index in [9.17, 15) is 4.79 Å². The summed E-state index contributed by atoms with van der Waals surface area (Å²) in [5.41, 5.74) is 9.74. The number of fused-ring (bicyclic) bond motifs is 1. The van der Waals surface area contributed by atoms with E-state index in [4.69, 9.17) is 15.6 Å². The number of aromatic nitrogens is 2. The highest BCUT2D eigenvalue weighted by molar-refractivity contribution is 7.21. The molecule has 142 valence electrons. The SMILES string of the molecule is COCc1ccc(-c2c(C(N)=O)sc3c2c(C)nn3C2CCCCC2)cc1. The third-order valence-electron chi connectivity index (χ3n) is 5.42. The largest absolute Gasteiger partial charge is 0.380 e. The van der Waals surface area contributed by atoms with Crippen LogP contribution in [-0.2, 0) is 11.3 Å². The van der Waals surface area contributed by atoms with Crippen LogP contribution in [0.15, 0.2) is 24.3 Å². The maximum absolute atomic E-state index is 12.2. The molecule has 1 amide bonds. The van der Waals surface area contributed by atoms with Crippen molar-refractivity contribution >= 4 is 27.5 Å². The van der Waals surface area contributed by atoms with Gasteiger partial charge in [-0.3, -0.25) is 9.48 Å². The Kier molecular flexibility index (Phi) is 5.02. The van der Waals surface area contributed by atoms with Crippen molar-refractivity contribution in [1.82, 2.24) is 9.78 Å². The fourth-order valence-corrected chi connectivity index (χ4v) is 5.38. The molecule has 0 saturated heterocycles. The molecule has 4 rings (SSSR count). The summed E-state index contributed by atoms with van der Waals surface area (Å²) in [5.74, 6) is -0.373. The van der Waals surface area contributed by atoms with Crippen LogP contribution < -0.4 is 5.73 Å². The number of thiophene rings is 1. The first kappa shape index (κ1) is 18.2. The average molecular weight is 384 g/mol. The van der Waals surface area contributed by atoms with Crippen molar-refractivity contribution in [2.45, 2.75) is 51.7 Å². The average Bonchev–Trinajstić information content (AvgIpc) is 3.22. The van der Waals surface area contributed by atoms with Gasteiger partial charge < -0.3 is 10.5 Å². The van der Waals surface area contributed by atoms with Gasteiger partial charge in [0.25, 0.3) is 5.91 Å². The second kappa shape index (κ2) is 7.44. The van der Waals surface area contributed by atoms with E-state index in [0.717, 1.165) is 45.4 Å². The van der Waals surface area contributed by atoms with Gasteiger partial charge in [-0.25, -0.2) is 0 Å². The fraction of sp³-hybridized carbons (Fsp3) is 0.429. The van der Waals surface area contributed by atoms with Crippen LogP contribution in [0.5, 0.6) is 0 Å². The van der Waals surface area contributed by atoms with E-state index in [-0.39, 0.29) is 5.91 Å². The molecular weight excluding hydrogens is 358 g/mol. The zero-order valence-electron chi connectivity index (χ0n) is 15.8. The highest BCUT2D eigenvalue weighted by Gasteiger charge is 2.26. The van der Waals surface area contributed by atoms with Gasteiger partial charge in [-0.05, 0) is 30.9 Å². The molecule has 2 heterocycles. The number of rotatable bonds is 5. The molecule has 3 aromatic rings. The Morgan fingerprint density at radius 3 is 2.59 bits per heavy atom. The highest BCUT2D eigenvalue weighted by Crippen LogP contribution is 2.43. The molecule has 0 atom stereocenters. The zero-order valence-corrected chi connectivity index (χ0v) is 16.6. The van der Waals surface area contributed by atoms with E-state index in [1.54, 1.807) is 7.11 Å². The van der Waals surface area contributed by atoms with Crippen LogP contribution in [0.2, 0.25) is 0 Å². The number of carbonyl (C=O) groups is 1. The highest BCUT2D eigenvalue weighted by atomic mass is 32.1. The fourth-order valence-electron chi connectivity index (χ4n) is 4.13. The van der Waals surface area contributed by atoms with Crippen LogP contribution in [0.25, 0.3) is 21.3 Å². The molecule has 5 nitrogen and oxygen atoms in total. The van der Waals surface area contributed by atoms with Crippen LogP contribution in [0.3, 0.4) is 0 Å². The Bertz CT molecular complexity index is 966. The third kappa shape index (κ3) is 3.28. The molecule has 1 aliphatic rings. The number of methoxy groups -OCH3 is 1. The summed E-state index contributed by atoms with van der Waals surface area (Å²) in [6.45, 7) is 2.60. The third-order valence-corrected chi connectivity index (χ3v) is 6.61. The van der Waals surface area contributed by atoms with Crippen molar-refractivity contribution in [3.63, 3.8) is 0 Å². The van der Waals surface area contributed by atoms with Gasteiger partial charge in [0.05, 0.1) is 18.3 Å². The molecule has 0 spiro atoms. The number of hydrogen-bond donors (Lipinski definition) is 1. The first-order valence-corrected chi connectivity index (χ1v) is 10.3. The van der Waals surface area contributed by atoms with Crippen LogP contribution in [0.4, 0.5) is 0 Å². The Morgan fingerprint density at radius 1 is 1.26 bits per heavy atom. The van der Waals surface area contributed by atoms with Gasteiger partial charge in [-0.2, -0.15) is 5.10 Å². The lowest BCUT2D eigenvalue weighted by atomic mass is 9.96. The molecule has 1 fully saturated rings. The van der Waals surface area contributed by atoms with Crippen molar-refractivity contribution in [2.24, 2.45) is 5.73 Å². The van der Waals surface area contributed by atoms with E-state index < -0.39 is 0 Å². The normalized spacial score (nSPS) is 15.5. The first-order valence-electron chi connectivity index (χ1n) is 9.49. The van der Waals surface area contributed by atoms with E-state index >= 15 is 0 Å². The Balaban J connectivity index is 1.87. The maximum Gasteiger partial charge on any atom is 0.259 e. The lowest BCUT2D eigenvalue weighted by Crippen LogP contribution is -2.14. The minimum absolute atomic E-state index is 0.373. The summed E-state index contributed by atoms with van der Waals surface area (Å²) >= 11 is 1.48. The topological polar surface area (TPSA) is 70.1 Å². The number of primary amides is 1. The summed E-state index contributed by atoms with van der Waals surface area (Å²) in [4.78, 5) is 13.9. The standard InChI is InChI=1S/C21H25N3O2S/c1-13-17-18(15-10-8-14(9-11-15)12-26-2)19(20(22)25)27-21(17)24(23-13)16-6-4-3-5-7-16/h8-11,16H,3-7,12H2,1-2H3,(H2,22,25). The van der Waals surface area contributed by atoms with Crippen molar-refractivity contribution in [3.8, 4) is 11.1 Å². The molecule has 1 saturated carbocycles. The molecule has 2 aromatic heterocycles. The number of nitrogens with two attached hydrogens (primary N) is 1. The van der Waals surface area contributed by atoms with Crippen molar-refractivity contribution in [2.75, 3.05) is 7.11 Å². The molecule has 0 aliphatic heterocycles. The summed E-state index contributed by atoms with van der Waals surface area (Å²) in [6, 6.07) is 8.58. The van der Waals surface area contributed by atoms with Gasteiger partial charge >= 0.3 is 0 Å². The van der Waals surface area contributed by atoms with Gasteiger partial charge in [0.1, 0.15) is 9.71 Å². The van der Waals surface area contributed by atoms with Gasteiger partial charge in [-0.1, -0.05) is 43.5 Å². The van der Waals surface area contributed by atoms with E-state index in [2.05, 4.69) is 4.68 Å². The van der Waals surface area contributed by atoms with Gasteiger partial charge in [-0.15, -0.1) is 11.3 Å². The molecule has 0 radical (unpaired) electrons. The second-order valence-electron chi connectivity index (χ2n) is 7.30. The molecule has 1 aliphatic carbocycles. The van der Waals surface area contributed by atoms with Crippen LogP contribution in [0.1, 0.15) is 59.1 Å². The van der Waals surface area contributed by atoms with Crippen LogP contribution in [0, 0.1) is 6.92 Å². The Hall–Kier alpha value is -2.18. The maximum atomic E-state index is 12.2. The van der Waals surface area contributed by atoms with E-state index in [0.29, 0.717) is 17.5 Å². The lowest BCUT2D eigenvalue weighted by Gasteiger charge is -2.22. The Morgan fingerprint density at radius 2 is 1.96 bits per heavy atom. The molecule has 2 N–H and O–H groups in total. The molecule has 1 aromatic carbocycles. The van der Waals surface area contributed by atoms with Crippen molar-refractivity contribution < 1.29 is 9.53 Å². The number of amides is 1. The van der Waals surface area contributed by atoms with Gasteiger partial charge in [0, 0.05) is 18.1 Å². The monoisotopic (exact) mass is 383 g/mol. The van der Waals surface area contributed by atoms with E-state index in [1.807, 2.05) is 31.2 Å². The number of nitrogens with zero attached hydrogens (tertiary/aromatic N) is 2. The minimum atomic E-state index is -0.373. The summed E-state index contributed by atoms with van der Waals surface area (Å²) in [5, 5.41) is 5.93. The van der Waals surface area contributed by atoms with Crippen molar-refractivity contribution in [1.29, 1.82) is 0 Å². The lowest BCUT2D eigenvalue weighted by molar-refractivity contribution is 0.100. The van der Waals surface area contributed by atoms with E-state index in [1.165, 1.54) is 30.6 Å². The number of hydrogen-bond acceptors (Lipinski definition) is 4. The van der Waals surface area contributed by atoms with Gasteiger partial charge in [0.15, 0.2) is 0 Å². The number of ether oxygens (including phenoxy) is 1. The molecule has 0 unspecified atom stereocenters. The van der Waals surface area contributed by atoms with Crippen molar-refractivity contribution in [3.05, 3.63) is 40.4 Å².